The lowest BCUT2D eigenvalue weighted by molar-refractivity contribution is -0.578. The van der Waals surface area contributed by atoms with Gasteiger partial charge in [-0.15, -0.1) is 0 Å². The average molecular weight is 197 g/mol. The summed E-state index contributed by atoms with van der Waals surface area (Å²) in [7, 11) is 0. The van der Waals surface area contributed by atoms with E-state index in [1.165, 1.54) is 0 Å². The molecule has 1 heterocycles. The summed E-state index contributed by atoms with van der Waals surface area (Å²) < 4.78 is 1.98. The highest BCUT2D eigenvalue weighted by molar-refractivity contribution is 5.58. The van der Waals surface area contributed by atoms with Crippen molar-refractivity contribution in [1.82, 2.24) is 0 Å². The highest BCUT2D eigenvalue weighted by Crippen LogP contribution is 2.11. The van der Waals surface area contributed by atoms with Crippen LogP contribution >= 0.6 is 0 Å². The van der Waals surface area contributed by atoms with Crippen molar-refractivity contribution < 1.29 is 4.57 Å². The molecule has 2 aromatic rings. The molecule has 0 aliphatic carbocycles. The summed E-state index contributed by atoms with van der Waals surface area (Å²) in [5, 5.41) is 0. The molecular weight excluding hydrogens is 184 g/mol. The molecule has 0 bridgehead atoms. The maximum absolute atomic E-state index is 5.63. The molecule has 0 aliphatic rings. The zero-order chi connectivity index (χ0) is 10.7. The van der Waals surface area contributed by atoms with Crippen LogP contribution < -0.4 is 10.3 Å². The van der Waals surface area contributed by atoms with Gasteiger partial charge in [-0.3, -0.25) is 0 Å². The van der Waals surface area contributed by atoms with Crippen LogP contribution in [-0.4, -0.2) is 0 Å². The fourth-order valence-corrected chi connectivity index (χ4v) is 1.40. The molecule has 2 rings (SSSR count). The van der Waals surface area contributed by atoms with Crippen molar-refractivity contribution in [2.45, 2.75) is 0 Å². The first-order valence-corrected chi connectivity index (χ1v) is 4.79. The van der Waals surface area contributed by atoms with Gasteiger partial charge in [0.1, 0.15) is 0 Å². The van der Waals surface area contributed by atoms with Crippen LogP contribution in [0.1, 0.15) is 5.56 Å². The number of aromatic nitrogens is 1. The minimum absolute atomic E-state index is 0.768. The molecule has 0 radical (unpaired) electrons. The van der Waals surface area contributed by atoms with E-state index in [2.05, 4.69) is 6.58 Å². The SMILES string of the molecule is C=C(c1ccc(N)cc1)[n+]1ccccc1. The van der Waals surface area contributed by atoms with Crippen molar-refractivity contribution >= 4 is 11.4 Å². The second kappa shape index (κ2) is 3.96. The maximum Gasteiger partial charge on any atom is 0.210 e. The molecule has 0 unspecified atom stereocenters. The average Bonchev–Trinajstić information content (AvgIpc) is 2.30. The molecule has 0 aliphatic heterocycles. The van der Waals surface area contributed by atoms with Crippen molar-refractivity contribution in [3.8, 4) is 0 Å². The minimum atomic E-state index is 0.768. The van der Waals surface area contributed by atoms with Gasteiger partial charge in [0.15, 0.2) is 12.4 Å². The van der Waals surface area contributed by atoms with Gasteiger partial charge in [-0.2, -0.15) is 4.57 Å². The normalized spacial score (nSPS) is 9.87. The Morgan fingerprint density at radius 2 is 1.60 bits per heavy atom. The molecule has 0 fully saturated rings. The second-order valence-electron chi connectivity index (χ2n) is 3.35. The summed E-state index contributed by atoms with van der Waals surface area (Å²) in [6, 6.07) is 13.6. The number of nitrogens with two attached hydrogens (primary N) is 1. The Morgan fingerprint density at radius 3 is 2.20 bits per heavy atom. The number of rotatable bonds is 2. The lowest BCUT2D eigenvalue weighted by atomic mass is 10.1. The van der Waals surface area contributed by atoms with E-state index in [0.717, 1.165) is 16.9 Å². The predicted octanol–water partition coefficient (Wildman–Crippen LogP) is 2.08. The first-order chi connectivity index (χ1) is 7.27. The van der Waals surface area contributed by atoms with E-state index in [0.29, 0.717) is 0 Å². The Hall–Kier alpha value is -2.09. The Kier molecular flexibility index (Phi) is 2.50. The third-order valence-corrected chi connectivity index (χ3v) is 2.27. The van der Waals surface area contributed by atoms with Crippen molar-refractivity contribution in [2.24, 2.45) is 0 Å². The molecule has 0 spiro atoms. The van der Waals surface area contributed by atoms with Crippen LogP contribution in [0.5, 0.6) is 0 Å². The van der Waals surface area contributed by atoms with Crippen molar-refractivity contribution in [1.29, 1.82) is 0 Å². The van der Waals surface area contributed by atoms with Crippen molar-refractivity contribution in [3.63, 3.8) is 0 Å². The molecule has 1 aromatic heterocycles. The second-order valence-corrected chi connectivity index (χ2v) is 3.35. The van der Waals surface area contributed by atoms with Crippen LogP contribution in [0, 0.1) is 0 Å². The molecule has 74 valence electrons. The summed E-state index contributed by atoms with van der Waals surface area (Å²) in [5.41, 5.74) is 8.41. The van der Waals surface area contributed by atoms with Gasteiger partial charge in [-0.05, 0) is 30.8 Å². The fraction of sp³-hybridized carbons (Fsp3) is 0. The van der Waals surface area contributed by atoms with Crippen molar-refractivity contribution in [2.75, 3.05) is 5.73 Å². The number of pyridine rings is 1. The summed E-state index contributed by atoms with van der Waals surface area (Å²) in [5.74, 6) is 0. The number of nitrogen functional groups attached to an aromatic ring is 1. The summed E-state index contributed by atoms with van der Waals surface area (Å²) in [6.07, 6.45) is 3.94. The van der Waals surface area contributed by atoms with E-state index >= 15 is 0 Å². The first-order valence-electron chi connectivity index (χ1n) is 4.79. The van der Waals surface area contributed by atoms with Gasteiger partial charge in [0.2, 0.25) is 5.70 Å². The zero-order valence-corrected chi connectivity index (χ0v) is 8.43. The van der Waals surface area contributed by atoms with Crippen LogP contribution in [0.25, 0.3) is 5.70 Å². The third kappa shape index (κ3) is 2.05. The smallest absolute Gasteiger partial charge is 0.210 e. The molecule has 0 atom stereocenters. The minimum Gasteiger partial charge on any atom is -0.399 e. The number of nitrogens with zero attached hydrogens (tertiary/aromatic N) is 1. The number of hydrogen-bond acceptors (Lipinski definition) is 1. The number of hydrogen-bond donors (Lipinski definition) is 1. The summed E-state index contributed by atoms with van der Waals surface area (Å²) in [6.45, 7) is 4.05. The lowest BCUT2D eigenvalue weighted by Crippen LogP contribution is -2.30. The largest absolute Gasteiger partial charge is 0.399 e. The third-order valence-electron chi connectivity index (χ3n) is 2.27. The molecule has 2 N–H and O–H groups in total. The van der Waals surface area contributed by atoms with Crippen molar-refractivity contribution in [3.05, 3.63) is 67.0 Å². The molecule has 1 aromatic carbocycles. The van der Waals surface area contributed by atoms with Gasteiger partial charge in [-0.1, -0.05) is 6.07 Å². The van der Waals surface area contributed by atoms with Gasteiger partial charge in [0, 0.05) is 23.4 Å². The van der Waals surface area contributed by atoms with Crippen LogP contribution in [0.3, 0.4) is 0 Å². The van der Waals surface area contributed by atoms with Crippen LogP contribution in [0.2, 0.25) is 0 Å². The molecule has 0 amide bonds. The molecular formula is C13H13N2+. The zero-order valence-electron chi connectivity index (χ0n) is 8.43. The molecule has 0 saturated carbocycles. The van der Waals surface area contributed by atoms with Gasteiger partial charge in [0.05, 0.1) is 0 Å². The number of anilines is 1. The monoisotopic (exact) mass is 197 g/mol. The topological polar surface area (TPSA) is 29.9 Å². The molecule has 15 heavy (non-hydrogen) atoms. The van der Waals surface area contributed by atoms with E-state index in [1.54, 1.807) is 0 Å². The van der Waals surface area contributed by atoms with Gasteiger partial charge >= 0.3 is 0 Å². The van der Waals surface area contributed by atoms with E-state index in [9.17, 15) is 0 Å². The molecule has 2 heteroatoms. The Labute approximate surface area is 89.3 Å². The standard InChI is InChI=1S/C13H13N2/c1-11(15-9-3-2-4-10-15)12-5-7-13(14)8-6-12/h2-10H,1,14H2/q+1. The quantitative estimate of drug-likeness (QED) is 0.579. The van der Waals surface area contributed by atoms with Gasteiger partial charge in [-0.25, -0.2) is 0 Å². The number of benzene rings is 1. The molecule has 0 saturated heterocycles. The Balaban J connectivity index is 2.33. The van der Waals surface area contributed by atoms with Crippen LogP contribution in [-0.2, 0) is 0 Å². The highest BCUT2D eigenvalue weighted by Gasteiger charge is 2.07. The first kappa shape index (κ1) is 9.46. The van der Waals surface area contributed by atoms with Crippen LogP contribution in [0.4, 0.5) is 5.69 Å². The van der Waals surface area contributed by atoms with E-state index in [1.807, 2.05) is 59.4 Å². The Morgan fingerprint density at radius 1 is 1.00 bits per heavy atom. The lowest BCUT2D eigenvalue weighted by Gasteiger charge is -2.00. The summed E-state index contributed by atoms with van der Waals surface area (Å²) >= 11 is 0. The predicted molar refractivity (Wildman–Crippen MR) is 61.9 cm³/mol. The van der Waals surface area contributed by atoms with Crippen LogP contribution in [0.15, 0.2) is 61.4 Å². The van der Waals surface area contributed by atoms with Gasteiger partial charge in [0.25, 0.3) is 0 Å². The molecule has 2 nitrogen and oxygen atoms in total. The maximum atomic E-state index is 5.63. The van der Waals surface area contributed by atoms with Gasteiger partial charge < -0.3 is 5.73 Å². The van der Waals surface area contributed by atoms with E-state index in [4.69, 9.17) is 5.73 Å². The fourth-order valence-electron chi connectivity index (χ4n) is 1.40. The van der Waals surface area contributed by atoms with E-state index in [-0.39, 0.29) is 0 Å². The Bertz CT molecular complexity index is 458. The van der Waals surface area contributed by atoms with E-state index < -0.39 is 0 Å². The summed E-state index contributed by atoms with van der Waals surface area (Å²) in [4.78, 5) is 0. The highest BCUT2D eigenvalue weighted by atomic mass is 14.9.